The van der Waals surface area contributed by atoms with Gasteiger partial charge in [0.05, 0.1) is 11.6 Å². The summed E-state index contributed by atoms with van der Waals surface area (Å²) in [6.45, 7) is 0.844. The number of carbonyl (C=O) groups is 1. The maximum Gasteiger partial charge on any atom is 0.254 e. The number of nitrogens with zero attached hydrogens (tertiary/aromatic N) is 2. The first-order valence-electron chi connectivity index (χ1n) is 6.63. The molecule has 1 amide bonds. The molecule has 1 fully saturated rings. The van der Waals surface area contributed by atoms with Crippen LogP contribution < -0.4 is 0 Å². The molecule has 100 valence electrons. The fourth-order valence-electron chi connectivity index (χ4n) is 2.55. The number of benzene rings is 1. The van der Waals surface area contributed by atoms with E-state index in [1.807, 2.05) is 4.90 Å². The lowest BCUT2D eigenvalue weighted by molar-refractivity contribution is 0.0610. The zero-order valence-corrected chi connectivity index (χ0v) is 12.4. The molecule has 0 saturated carbocycles. The molecule has 1 aromatic carbocycles. The van der Waals surface area contributed by atoms with Gasteiger partial charge in [-0.25, -0.2) is 0 Å². The molecule has 1 aliphatic heterocycles. The van der Waals surface area contributed by atoms with Crippen molar-refractivity contribution >= 4 is 21.8 Å². The second-order valence-electron chi connectivity index (χ2n) is 4.81. The molecule has 1 saturated heterocycles. The van der Waals surface area contributed by atoms with Crippen molar-refractivity contribution in [3.05, 3.63) is 35.4 Å². The summed E-state index contributed by atoms with van der Waals surface area (Å²) < 4.78 is 0. The maximum absolute atomic E-state index is 12.5. The summed E-state index contributed by atoms with van der Waals surface area (Å²) in [7, 11) is 0. The summed E-state index contributed by atoms with van der Waals surface area (Å²) in [5.74, 6) is 0.0927. The monoisotopic (exact) mass is 320 g/mol. The van der Waals surface area contributed by atoms with Gasteiger partial charge in [-0.1, -0.05) is 15.9 Å². The second kappa shape index (κ2) is 6.72. The van der Waals surface area contributed by atoms with Gasteiger partial charge in [-0.3, -0.25) is 4.79 Å². The zero-order chi connectivity index (χ0) is 13.7. The summed E-state index contributed by atoms with van der Waals surface area (Å²) in [6, 6.07) is 9.33. The number of hydrogen-bond donors (Lipinski definition) is 0. The lowest BCUT2D eigenvalue weighted by Crippen LogP contribution is -2.43. The Kier molecular flexibility index (Phi) is 4.98. The van der Waals surface area contributed by atoms with Gasteiger partial charge in [-0.15, -0.1) is 0 Å². The van der Waals surface area contributed by atoms with Crippen molar-refractivity contribution in [1.29, 1.82) is 5.26 Å². The first-order chi connectivity index (χ1) is 9.26. The smallest absolute Gasteiger partial charge is 0.254 e. The first kappa shape index (κ1) is 14.1. The molecule has 1 heterocycles. The van der Waals surface area contributed by atoms with Crippen molar-refractivity contribution < 1.29 is 4.79 Å². The molecule has 1 aliphatic rings. The Morgan fingerprint density at radius 3 is 2.74 bits per heavy atom. The van der Waals surface area contributed by atoms with E-state index in [1.165, 1.54) is 6.42 Å². The molecular formula is C15H17BrN2O. The average molecular weight is 321 g/mol. The summed E-state index contributed by atoms with van der Waals surface area (Å²) in [4.78, 5) is 14.5. The van der Waals surface area contributed by atoms with E-state index < -0.39 is 0 Å². The summed E-state index contributed by atoms with van der Waals surface area (Å²) >= 11 is 3.46. The molecule has 4 heteroatoms. The highest BCUT2D eigenvalue weighted by atomic mass is 79.9. The molecule has 0 N–H and O–H groups in total. The van der Waals surface area contributed by atoms with E-state index in [9.17, 15) is 4.79 Å². The van der Waals surface area contributed by atoms with Gasteiger partial charge >= 0.3 is 0 Å². The van der Waals surface area contributed by atoms with E-state index in [0.717, 1.165) is 31.1 Å². The van der Waals surface area contributed by atoms with Crippen LogP contribution in [0, 0.1) is 11.3 Å². The van der Waals surface area contributed by atoms with Crippen LogP contribution in [-0.2, 0) is 0 Å². The van der Waals surface area contributed by atoms with Crippen LogP contribution >= 0.6 is 15.9 Å². The van der Waals surface area contributed by atoms with Crippen LogP contribution in [0.15, 0.2) is 24.3 Å². The molecule has 2 rings (SSSR count). The molecule has 0 spiro atoms. The first-order valence-corrected chi connectivity index (χ1v) is 7.75. The Bertz CT molecular complexity index is 476. The van der Waals surface area contributed by atoms with E-state index >= 15 is 0 Å². The SMILES string of the molecule is N#Cc1ccc(C(=O)N2CCCCC2CCBr)cc1. The highest BCUT2D eigenvalue weighted by Gasteiger charge is 2.26. The fourth-order valence-corrected chi connectivity index (χ4v) is 3.08. The number of rotatable bonds is 3. The Hall–Kier alpha value is -1.34. The number of alkyl halides is 1. The maximum atomic E-state index is 12.5. The van der Waals surface area contributed by atoms with Gasteiger partial charge in [0, 0.05) is 23.5 Å². The number of likely N-dealkylation sites (tertiary alicyclic amines) is 1. The largest absolute Gasteiger partial charge is 0.336 e. The second-order valence-corrected chi connectivity index (χ2v) is 5.61. The highest BCUT2D eigenvalue weighted by Crippen LogP contribution is 2.22. The molecule has 3 nitrogen and oxygen atoms in total. The lowest BCUT2D eigenvalue weighted by atomic mass is 9.98. The Labute approximate surface area is 122 Å². The average Bonchev–Trinajstić information content (AvgIpc) is 2.47. The van der Waals surface area contributed by atoms with E-state index in [2.05, 4.69) is 22.0 Å². The van der Waals surface area contributed by atoms with Crippen molar-refractivity contribution in [1.82, 2.24) is 4.90 Å². The molecule has 0 aromatic heterocycles. The molecule has 1 unspecified atom stereocenters. The van der Waals surface area contributed by atoms with Crippen LogP contribution in [0.25, 0.3) is 0 Å². The van der Waals surface area contributed by atoms with Crippen molar-refractivity contribution in [3.8, 4) is 6.07 Å². The third-order valence-corrected chi connectivity index (χ3v) is 4.05. The van der Waals surface area contributed by atoms with E-state index in [-0.39, 0.29) is 5.91 Å². The molecule has 19 heavy (non-hydrogen) atoms. The van der Waals surface area contributed by atoms with Gasteiger partial charge in [-0.2, -0.15) is 5.26 Å². The lowest BCUT2D eigenvalue weighted by Gasteiger charge is -2.35. The molecular weight excluding hydrogens is 304 g/mol. The van der Waals surface area contributed by atoms with Crippen LogP contribution in [0.1, 0.15) is 41.6 Å². The van der Waals surface area contributed by atoms with Crippen LogP contribution in [0.3, 0.4) is 0 Å². The Morgan fingerprint density at radius 2 is 2.11 bits per heavy atom. The number of carbonyl (C=O) groups excluding carboxylic acids is 1. The molecule has 0 bridgehead atoms. The summed E-state index contributed by atoms with van der Waals surface area (Å²) in [6.07, 6.45) is 4.38. The molecule has 0 radical (unpaired) electrons. The van der Waals surface area contributed by atoms with Gasteiger partial charge in [0.25, 0.3) is 5.91 Å². The normalized spacial score (nSPS) is 18.9. The predicted octanol–water partition coefficient (Wildman–Crippen LogP) is 3.34. The number of nitriles is 1. The van der Waals surface area contributed by atoms with Gasteiger partial charge in [0.15, 0.2) is 0 Å². The van der Waals surface area contributed by atoms with E-state index in [0.29, 0.717) is 17.2 Å². The van der Waals surface area contributed by atoms with Gasteiger partial charge in [0.1, 0.15) is 0 Å². The number of piperidine rings is 1. The summed E-state index contributed by atoms with van der Waals surface area (Å²) in [5, 5.41) is 9.70. The zero-order valence-electron chi connectivity index (χ0n) is 10.8. The topological polar surface area (TPSA) is 44.1 Å². The third-order valence-electron chi connectivity index (χ3n) is 3.59. The van der Waals surface area contributed by atoms with Gasteiger partial charge in [-0.05, 0) is 49.9 Å². The van der Waals surface area contributed by atoms with E-state index in [4.69, 9.17) is 5.26 Å². The predicted molar refractivity (Wildman–Crippen MR) is 78.2 cm³/mol. The van der Waals surface area contributed by atoms with Crippen molar-refractivity contribution in [3.63, 3.8) is 0 Å². The molecule has 1 atom stereocenters. The van der Waals surface area contributed by atoms with E-state index in [1.54, 1.807) is 24.3 Å². The van der Waals surface area contributed by atoms with Crippen LogP contribution in [-0.4, -0.2) is 28.7 Å². The van der Waals surface area contributed by atoms with Crippen molar-refractivity contribution in [2.75, 3.05) is 11.9 Å². The van der Waals surface area contributed by atoms with Crippen molar-refractivity contribution in [2.45, 2.75) is 31.7 Å². The standard InChI is InChI=1S/C15H17BrN2O/c16-9-8-14-3-1-2-10-18(14)15(19)13-6-4-12(11-17)5-7-13/h4-7,14H,1-3,8-10H2. The minimum absolute atomic E-state index is 0.0927. The number of halogens is 1. The minimum atomic E-state index is 0.0927. The molecule has 0 aliphatic carbocycles. The van der Waals surface area contributed by atoms with Crippen LogP contribution in [0.5, 0.6) is 0 Å². The van der Waals surface area contributed by atoms with Crippen LogP contribution in [0.2, 0.25) is 0 Å². The Morgan fingerprint density at radius 1 is 1.37 bits per heavy atom. The Balaban J connectivity index is 2.14. The summed E-state index contributed by atoms with van der Waals surface area (Å²) in [5.41, 5.74) is 1.27. The number of amides is 1. The number of hydrogen-bond acceptors (Lipinski definition) is 2. The highest BCUT2D eigenvalue weighted by molar-refractivity contribution is 9.09. The van der Waals surface area contributed by atoms with Crippen molar-refractivity contribution in [2.24, 2.45) is 0 Å². The quantitative estimate of drug-likeness (QED) is 0.802. The van der Waals surface area contributed by atoms with Crippen LogP contribution in [0.4, 0.5) is 0 Å². The fraction of sp³-hybridized carbons (Fsp3) is 0.467. The molecule has 1 aromatic rings. The minimum Gasteiger partial charge on any atom is -0.336 e. The third kappa shape index (κ3) is 3.36. The van der Waals surface area contributed by atoms with Gasteiger partial charge < -0.3 is 4.90 Å². The van der Waals surface area contributed by atoms with Gasteiger partial charge in [0.2, 0.25) is 0 Å².